The average molecular weight is 284 g/mol. The van der Waals surface area contributed by atoms with Gasteiger partial charge in [0.15, 0.2) is 0 Å². The zero-order chi connectivity index (χ0) is 15.2. The van der Waals surface area contributed by atoms with Gasteiger partial charge >= 0.3 is 5.97 Å². The van der Waals surface area contributed by atoms with E-state index in [9.17, 15) is 14.4 Å². The highest BCUT2D eigenvalue weighted by atomic mass is 16.6. The van der Waals surface area contributed by atoms with Crippen LogP contribution in [0.4, 0.5) is 0 Å². The lowest BCUT2D eigenvalue weighted by Crippen LogP contribution is -2.41. The first-order chi connectivity index (χ1) is 9.31. The molecule has 0 radical (unpaired) electrons. The Labute approximate surface area is 119 Å². The van der Waals surface area contributed by atoms with Crippen LogP contribution in [0, 0.1) is 11.8 Å². The van der Waals surface area contributed by atoms with Gasteiger partial charge in [-0.2, -0.15) is 0 Å². The molecule has 0 unspecified atom stereocenters. The number of hydrogen-bond acceptors (Lipinski definition) is 4. The minimum Gasteiger partial charge on any atom is -0.460 e. The maximum Gasteiger partial charge on any atom is 0.306 e. The zero-order valence-corrected chi connectivity index (χ0v) is 12.4. The van der Waals surface area contributed by atoms with Gasteiger partial charge in [-0.15, -0.1) is 0 Å². The first-order valence-corrected chi connectivity index (χ1v) is 7.02. The number of esters is 1. The van der Waals surface area contributed by atoms with E-state index in [0.717, 1.165) is 25.7 Å². The molecular formula is C14H24N2O4. The van der Waals surface area contributed by atoms with Gasteiger partial charge in [0.25, 0.3) is 0 Å². The summed E-state index contributed by atoms with van der Waals surface area (Å²) in [7, 11) is 0. The number of hydrogen-bond donors (Lipinski definition) is 2. The van der Waals surface area contributed by atoms with Crippen molar-refractivity contribution >= 4 is 18.3 Å². The molecule has 20 heavy (non-hydrogen) atoms. The predicted molar refractivity (Wildman–Crippen MR) is 73.3 cm³/mol. The summed E-state index contributed by atoms with van der Waals surface area (Å²) in [5.41, 5.74) is 4.05. The second kappa shape index (κ2) is 7.26. The Morgan fingerprint density at radius 1 is 1.20 bits per heavy atom. The first-order valence-electron chi connectivity index (χ1n) is 7.02. The lowest BCUT2D eigenvalue weighted by molar-refractivity contribution is -0.156. The number of rotatable bonds is 5. The molecule has 114 valence electrons. The van der Waals surface area contributed by atoms with Crippen molar-refractivity contribution in [2.24, 2.45) is 11.8 Å². The fourth-order valence-electron chi connectivity index (χ4n) is 2.45. The fraction of sp³-hybridized carbons (Fsp3) is 0.786. The Morgan fingerprint density at radius 2 is 1.80 bits per heavy atom. The third-order valence-electron chi connectivity index (χ3n) is 3.35. The smallest absolute Gasteiger partial charge is 0.306 e. The van der Waals surface area contributed by atoms with Crippen LogP contribution in [0.2, 0.25) is 0 Å². The third kappa shape index (κ3) is 6.04. The van der Waals surface area contributed by atoms with E-state index in [-0.39, 0.29) is 23.7 Å². The molecule has 2 amide bonds. The Balaban J connectivity index is 2.30. The Hall–Kier alpha value is -1.59. The third-order valence-corrected chi connectivity index (χ3v) is 3.35. The van der Waals surface area contributed by atoms with Crippen molar-refractivity contribution in [3.05, 3.63) is 0 Å². The Bertz CT molecular complexity index is 355. The van der Waals surface area contributed by atoms with Gasteiger partial charge in [0.05, 0.1) is 0 Å². The largest absolute Gasteiger partial charge is 0.460 e. The first kappa shape index (κ1) is 16.5. The highest BCUT2D eigenvalue weighted by Gasteiger charge is 2.28. The van der Waals surface area contributed by atoms with Crippen molar-refractivity contribution in [1.29, 1.82) is 0 Å². The van der Waals surface area contributed by atoms with Crippen LogP contribution in [0.1, 0.15) is 52.9 Å². The molecule has 0 aromatic rings. The van der Waals surface area contributed by atoms with Crippen LogP contribution in [-0.2, 0) is 19.1 Å². The number of ether oxygens (including phenoxy) is 1. The molecule has 0 aromatic carbocycles. The van der Waals surface area contributed by atoms with E-state index in [2.05, 4.69) is 10.9 Å². The van der Waals surface area contributed by atoms with E-state index >= 15 is 0 Å². The van der Waals surface area contributed by atoms with E-state index in [1.54, 1.807) is 0 Å². The summed E-state index contributed by atoms with van der Waals surface area (Å²) in [5, 5.41) is 0. The van der Waals surface area contributed by atoms with Crippen molar-refractivity contribution in [2.75, 3.05) is 0 Å². The van der Waals surface area contributed by atoms with Crippen LogP contribution in [0.5, 0.6) is 0 Å². The summed E-state index contributed by atoms with van der Waals surface area (Å²) in [5.74, 6) is -0.133. The lowest BCUT2D eigenvalue weighted by atomic mass is 9.80. The predicted octanol–water partition coefficient (Wildman–Crippen LogP) is 1.30. The van der Waals surface area contributed by atoms with Crippen LogP contribution in [0.3, 0.4) is 0 Å². The summed E-state index contributed by atoms with van der Waals surface area (Å²) >= 11 is 0. The van der Waals surface area contributed by atoms with Gasteiger partial charge < -0.3 is 4.74 Å². The van der Waals surface area contributed by atoms with Gasteiger partial charge in [0.1, 0.15) is 5.60 Å². The van der Waals surface area contributed by atoms with Crippen molar-refractivity contribution in [1.82, 2.24) is 10.9 Å². The quantitative estimate of drug-likeness (QED) is 0.453. The summed E-state index contributed by atoms with van der Waals surface area (Å²) in [6, 6.07) is 0. The van der Waals surface area contributed by atoms with E-state index < -0.39 is 5.60 Å². The standard InChI is InChI=1S/C14H24N2O4/c1-14(2,3)20-12(18)8-10-4-6-11(7-5-10)13(19)16-15-9-17/h9-11H,4-8H2,1-3H3,(H,15,17)(H,16,19). The maximum absolute atomic E-state index is 11.7. The SMILES string of the molecule is CC(C)(C)OC(=O)CC1CCC(C(=O)NNC=O)CC1. The molecule has 0 spiro atoms. The molecule has 6 heteroatoms. The van der Waals surface area contributed by atoms with Crippen molar-refractivity contribution in [2.45, 2.75) is 58.5 Å². The van der Waals surface area contributed by atoms with Crippen LogP contribution < -0.4 is 10.9 Å². The summed E-state index contributed by atoms with van der Waals surface area (Å²) in [4.78, 5) is 33.5. The molecule has 1 fully saturated rings. The molecule has 0 aromatic heterocycles. The number of hydrazine groups is 1. The van der Waals surface area contributed by atoms with Gasteiger partial charge in [-0.3, -0.25) is 25.2 Å². The monoisotopic (exact) mass is 284 g/mol. The molecule has 0 atom stereocenters. The second-order valence-electron chi connectivity index (χ2n) is 6.26. The molecule has 1 aliphatic rings. The van der Waals surface area contributed by atoms with E-state index in [4.69, 9.17) is 4.74 Å². The molecule has 0 aliphatic heterocycles. The summed E-state index contributed by atoms with van der Waals surface area (Å²) in [6.45, 7) is 5.56. The number of carbonyl (C=O) groups excluding carboxylic acids is 3. The highest BCUT2D eigenvalue weighted by Crippen LogP contribution is 2.31. The molecule has 6 nitrogen and oxygen atoms in total. The minimum absolute atomic E-state index is 0.0858. The normalized spacial score (nSPS) is 22.8. The molecule has 1 saturated carbocycles. The lowest BCUT2D eigenvalue weighted by Gasteiger charge is -2.28. The van der Waals surface area contributed by atoms with Gasteiger partial charge in [-0.25, -0.2) is 0 Å². The average Bonchev–Trinajstić information content (AvgIpc) is 2.34. The van der Waals surface area contributed by atoms with Crippen LogP contribution in [-0.4, -0.2) is 23.9 Å². The Kier molecular flexibility index (Phi) is 5.98. The molecule has 1 rings (SSSR count). The molecular weight excluding hydrogens is 260 g/mol. The summed E-state index contributed by atoms with van der Waals surface area (Å²) in [6.07, 6.45) is 3.99. The van der Waals surface area contributed by atoms with Crippen LogP contribution >= 0.6 is 0 Å². The molecule has 2 N–H and O–H groups in total. The van der Waals surface area contributed by atoms with E-state index in [1.165, 1.54) is 0 Å². The molecule has 0 saturated heterocycles. The van der Waals surface area contributed by atoms with Crippen molar-refractivity contribution < 1.29 is 19.1 Å². The van der Waals surface area contributed by atoms with Crippen molar-refractivity contribution in [3.8, 4) is 0 Å². The van der Waals surface area contributed by atoms with E-state index in [0.29, 0.717) is 12.8 Å². The van der Waals surface area contributed by atoms with Crippen LogP contribution in [0.15, 0.2) is 0 Å². The maximum atomic E-state index is 11.7. The molecule has 1 aliphatic carbocycles. The second-order valence-corrected chi connectivity index (χ2v) is 6.26. The number of amides is 2. The zero-order valence-electron chi connectivity index (χ0n) is 12.4. The summed E-state index contributed by atoms with van der Waals surface area (Å²) < 4.78 is 5.30. The molecule has 0 bridgehead atoms. The van der Waals surface area contributed by atoms with Crippen LogP contribution in [0.25, 0.3) is 0 Å². The molecule has 0 heterocycles. The Morgan fingerprint density at radius 3 is 2.30 bits per heavy atom. The van der Waals surface area contributed by atoms with Gasteiger partial charge in [0.2, 0.25) is 12.3 Å². The van der Waals surface area contributed by atoms with Gasteiger partial charge in [0, 0.05) is 12.3 Å². The number of carbonyl (C=O) groups is 3. The highest BCUT2D eigenvalue weighted by molar-refractivity contribution is 5.79. The fourth-order valence-corrected chi connectivity index (χ4v) is 2.45. The van der Waals surface area contributed by atoms with E-state index in [1.807, 2.05) is 20.8 Å². The van der Waals surface area contributed by atoms with Gasteiger partial charge in [-0.1, -0.05) is 0 Å². The number of nitrogens with one attached hydrogen (secondary N) is 2. The minimum atomic E-state index is -0.450. The van der Waals surface area contributed by atoms with Crippen molar-refractivity contribution in [3.63, 3.8) is 0 Å². The topological polar surface area (TPSA) is 84.5 Å². The van der Waals surface area contributed by atoms with Gasteiger partial charge in [-0.05, 0) is 52.4 Å².